The zero-order valence-corrected chi connectivity index (χ0v) is 25.2. The Labute approximate surface area is 242 Å². The second kappa shape index (κ2) is 18.9. The lowest BCUT2D eigenvalue weighted by atomic mass is 10.0. The first-order chi connectivity index (χ1) is 19.6. The maximum absolute atomic E-state index is 12.7. The molecular formula is C35H52O5. The summed E-state index contributed by atoms with van der Waals surface area (Å²) >= 11 is 0. The lowest BCUT2D eigenvalue weighted by Gasteiger charge is -2.29. The van der Waals surface area contributed by atoms with Crippen LogP contribution in [0.4, 0.5) is 0 Å². The summed E-state index contributed by atoms with van der Waals surface area (Å²) in [6, 6.07) is 14.6. The molecule has 222 valence electrons. The van der Waals surface area contributed by atoms with Crippen LogP contribution in [0.15, 0.2) is 48.5 Å². The van der Waals surface area contributed by atoms with Gasteiger partial charge in [-0.05, 0) is 55.2 Å². The molecular weight excluding hydrogens is 500 g/mol. The molecule has 2 aromatic carbocycles. The summed E-state index contributed by atoms with van der Waals surface area (Å²) in [5.41, 5.74) is 1.42. The summed E-state index contributed by atoms with van der Waals surface area (Å²) in [5, 5.41) is 0. The number of ether oxygens (including phenoxy) is 4. The number of rotatable bonds is 19. The van der Waals surface area contributed by atoms with Crippen LogP contribution >= 0.6 is 0 Å². The first kappa shape index (κ1) is 32.1. The van der Waals surface area contributed by atoms with Crippen LogP contribution in [0.1, 0.15) is 126 Å². The van der Waals surface area contributed by atoms with Gasteiger partial charge in [0.15, 0.2) is 6.29 Å². The van der Waals surface area contributed by atoms with Gasteiger partial charge in [-0.15, -0.1) is 0 Å². The van der Waals surface area contributed by atoms with Gasteiger partial charge in [0.25, 0.3) is 0 Å². The fourth-order valence-electron chi connectivity index (χ4n) is 5.00. The number of hydrogen-bond acceptors (Lipinski definition) is 5. The molecule has 0 N–H and O–H groups in total. The Morgan fingerprint density at radius 2 is 1.43 bits per heavy atom. The highest BCUT2D eigenvalue weighted by Gasteiger charge is 2.23. The molecule has 1 aliphatic heterocycles. The molecule has 0 spiro atoms. The van der Waals surface area contributed by atoms with Crippen molar-refractivity contribution < 1.29 is 23.7 Å². The normalized spacial score (nSPS) is 17.9. The van der Waals surface area contributed by atoms with Crippen LogP contribution < -0.4 is 9.47 Å². The molecule has 0 radical (unpaired) electrons. The topological polar surface area (TPSA) is 54.0 Å². The molecule has 2 aromatic rings. The molecule has 1 aliphatic rings. The zero-order valence-electron chi connectivity index (χ0n) is 25.2. The first-order valence-electron chi connectivity index (χ1n) is 15.9. The predicted molar refractivity (Wildman–Crippen MR) is 162 cm³/mol. The van der Waals surface area contributed by atoms with Crippen LogP contribution in [-0.2, 0) is 9.47 Å². The minimum Gasteiger partial charge on any atom is -0.494 e. The molecule has 0 amide bonds. The van der Waals surface area contributed by atoms with Crippen molar-refractivity contribution in [3.63, 3.8) is 0 Å². The van der Waals surface area contributed by atoms with E-state index in [1.807, 2.05) is 24.3 Å². The third-order valence-corrected chi connectivity index (χ3v) is 7.94. The third-order valence-electron chi connectivity index (χ3n) is 7.94. The van der Waals surface area contributed by atoms with Crippen molar-refractivity contribution in [2.45, 2.75) is 111 Å². The minimum atomic E-state index is -0.387. The Balaban J connectivity index is 1.32. The largest absolute Gasteiger partial charge is 0.494 e. The molecule has 1 heterocycles. The van der Waals surface area contributed by atoms with Crippen LogP contribution in [0.2, 0.25) is 0 Å². The van der Waals surface area contributed by atoms with Crippen molar-refractivity contribution in [3.8, 4) is 11.5 Å². The Morgan fingerprint density at radius 1 is 0.800 bits per heavy atom. The minimum absolute atomic E-state index is 0.372. The molecule has 0 saturated carbocycles. The summed E-state index contributed by atoms with van der Waals surface area (Å²) in [6.07, 6.45) is 16.1. The fourth-order valence-corrected chi connectivity index (χ4v) is 5.00. The molecule has 1 atom stereocenters. The van der Waals surface area contributed by atoms with Gasteiger partial charge in [-0.1, -0.05) is 104 Å². The van der Waals surface area contributed by atoms with E-state index in [4.69, 9.17) is 18.9 Å². The quantitative estimate of drug-likeness (QED) is 0.0986. The van der Waals surface area contributed by atoms with Gasteiger partial charge in [-0.3, -0.25) is 0 Å². The lowest BCUT2D eigenvalue weighted by Crippen LogP contribution is -2.27. The van der Waals surface area contributed by atoms with Crippen molar-refractivity contribution >= 4 is 5.97 Å². The first-order valence-corrected chi connectivity index (χ1v) is 15.9. The molecule has 0 aromatic heterocycles. The van der Waals surface area contributed by atoms with E-state index in [9.17, 15) is 4.79 Å². The van der Waals surface area contributed by atoms with Crippen LogP contribution in [-0.4, -0.2) is 25.8 Å². The van der Waals surface area contributed by atoms with E-state index in [1.165, 1.54) is 70.6 Å². The predicted octanol–water partition coefficient (Wildman–Crippen LogP) is 9.69. The molecule has 0 bridgehead atoms. The van der Waals surface area contributed by atoms with Crippen LogP contribution in [0, 0.1) is 11.8 Å². The standard InChI is InChI=1S/C35H52O5/c1-4-6-7-8-9-10-13-16-29-26-38-35(39-27-29)31-19-17-30(18-20-31)34(36)40-33-23-21-32(22-24-33)37-25-14-11-12-15-28(3)5-2/h17-24,28-29,35H,4-16,25-27H2,1-3H3. The molecule has 1 saturated heterocycles. The second-order valence-corrected chi connectivity index (χ2v) is 11.5. The molecule has 3 rings (SSSR count). The van der Waals surface area contributed by atoms with Crippen LogP contribution in [0.25, 0.3) is 0 Å². The highest BCUT2D eigenvalue weighted by molar-refractivity contribution is 5.91. The third kappa shape index (κ3) is 12.0. The smallest absolute Gasteiger partial charge is 0.343 e. The van der Waals surface area contributed by atoms with E-state index < -0.39 is 0 Å². The van der Waals surface area contributed by atoms with E-state index in [-0.39, 0.29) is 12.3 Å². The van der Waals surface area contributed by atoms with Gasteiger partial charge in [0.05, 0.1) is 25.4 Å². The highest BCUT2D eigenvalue weighted by atomic mass is 16.7. The van der Waals surface area contributed by atoms with Crippen molar-refractivity contribution in [1.29, 1.82) is 0 Å². The maximum atomic E-state index is 12.7. The molecule has 1 fully saturated rings. The SMILES string of the molecule is CCCCCCCCCC1COC(c2ccc(C(=O)Oc3ccc(OCCCCCC(C)CC)cc3)cc2)OC1. The van der Waals surface area contributed by atoms with E-state index >= 15 is 0 Å². The van der Waals surface area contributed by atoms with Crippen molar-refractivity contribution in [2.24, 2.45) is 11.8 Å². The summed E-state index contributed by atoms with van der Waals surface area (Å²) in [7, 11) is 0. The average molecular weight is 553 g/mol. The number of carbonyl (C=O) groups is 1. The van der Waals surface area contributed by atoms with Gasteiger partial charge in [0, 0.05) is 11.5 Å². The summed E-state index contributed by atoms with van der Waals surface area (Å²) in [5.74, 6) is 2.19. The molecule has 0 aliphatic carbocycles. The van der Waals surface area contributed by atoms with Crippen molar-refractivity contribution in [2.75, 3.05) is 19.8 Å². The number of benzene rings is 2. The van der Waals surface area contributed by atoms with Gasteiger partial charge in [-0.25, -0.2) is 4.79 Å². The number of esters is 1. The Bertz CT molecular complexity index is 931. The monoisotopic (exact) mass is 552 g/mol. The van der Waals surface area contributed by atoms with Gasteiger partial charge < -0.3 is 18.9 Å². The van der Waals surface area contributed by atoms with E-state index in [2.05, 4.69) is 20.8 Å². The van der Waals surface area contributed by atoms with E-state index in [0.29, 0.717) is 23.8 Å². The van der Waals surface area contributed by atoms with E-state index in [1.54, 1.807) is 24.3 Å². The number of unbranched alkanes of at least 4 members (excludes halogenated alkanes) is 8. The van der Waals surface area contributed by atoms with Crippen LogP contribution in [0.5, 0.6) is 11.5 Å². The summed E-state index contributed by atoms with van der Waals surface area (Å²) < 4.78 is 23.4. The fraction of sp³-hybridized carbons (Fsp3) is 0.629. The van der Waals surface area contributed by atoms with Gasteiger partial charge in [0.1, 0.15) is 11.5 Å². The van der Waals surface area contributed by atoms with Gasteiger partial charge in [-0.2, -0.15) is 0 Å². The average Bonchev–Trinajstić information content (AvgIpc) is 2.99. The van der Waals surface area contributed by atoms with Crippen molar-refractivity contribution in [3.05, 3.63) is 59.7 Å². The molecule has 1 unspecified atom stereocenters. The Morgan fingerprint density at radius 3 is 2.10 bits per heavy atom. The maximum Gasteiger partial charge on any atom is 0.343 e. The molecule has 40 heavy (non-hydrogen) atoms. The summed E-state index contributed by atoms with van der Waals surface area (Å²) in [4.78, 5) is 12.7. The zero-order chi connectivity index (χ0) is 28.4. The molecule has 5 heteroatoms. The number of carbonyl (C=O) groups excluding carboxylic acids is 1. The lowest BCUT2D eigenvalue weighted by molar-refractivity contribution is -0.206. The highest BCUT2D eigenvalue weighted by Crippen LogP contribution is 2.28. The van der Waals surface area contributed by atoms with Crippen molar-refractivity contribution in [1.82, 2.24) is 0 Å². The van der Waals surface area contributed by atoms with Crippen LogP contribution in [0.3, 0.4) is 0 Å². The number of hydrogen-bond donors (Lipinski definition) is 0. The van der Waals surface area contributed by atoms with E-state index in [0.717, 1.165) is 43.3 Å². The molecule has 5 nitrogen and oxygen atoms in total. The Hall–Kier alpha value is -2.37. The Kier molecular flexibility index (Phi) is 15.2. The second-order valence-electron chi connectivity index (χ2n) is 11.5. The summed E-state index contributed by atoms with van der Waals surface area (Å²) in [6.45, 7) is 8.98. The van der Waals surface area contributed by atoms with Gasteiger partial charge >= 0.3 is 5.97 Å². The van der Waals surface area contributed by atoms with Gasteiger partial charge in [0.2, 0.25) is 0 Å².